The molecule has 0 saturated carbocycles. The van der Waals surface area contributed by atoms with Crippen LogP contribution in [0.2, 0.25) is 0 Å². The summed E-state index contributed by atoms with van der Waals surface area (Å²) in [5.41, 5.74) is 1.19. The number of rotatable bonds is 4. The number of nitrogens with zero attached hydrogens (tertiary/aromatic N) is 5. The third-order valence-electron chi connectivity index (χ3n) is 2.76. The highest BCUT2D eigenvalue weighted by atomic mass is 16.5. The van der Waals surface area contributed by atoms with E-state index in [0.717, 1.165) is 10.1 Å². The Bertz CT molecular complexity index is 800. The largest absolute Gasteiger partial charge is 0.477 e. The Kier molecular flexibility index (Phi) is 3.19. The third kappa shape index (κ3) is 2.38. The number of ether oxygens (including phenoxy) is 1. The zero-order valence-electron chi connectivity index (χ0n) is 11.1. The van der Waals surface area contributed by atoms with Gasteiger partial charge >= 0.3 is 12.0 Å². The summed E-state index contributed by atoms with van der Waals surface area (Å²) in [6.45, 7) is 2.18. The molecule has 3 aromatic heterocycles. The van der Waals surface area contributed by atoms with Gasteiger partial charge in [0.05, 0.1) is 12.3 Å². The van der Waals surface area contributed by atoms with E-state index in [1.54, 1.807) is 31.5 Å². The van der Waals surface area contributed by atoms with Crippen LogP contribution in [0.4, 0.5) is 0 Å². The number of hydrogen-bond donors (Lipinski definition) is 1. The lowest BCUT2D eigenvalue weighted by Crippen LogP contribution is -2.08. The van der Waals surface area contributed by atoms with Crippen LogP contribution in [0.15, 0.2) is 30.6 Å². The molecule has 0 spiro atoms. The molecular weight excluding hydrogens is 274 g/mol. The molecule has 0 aliphatic carbocycles. The summed E-state index contributed by atoms with van der Waals surface area (Å²) in [7, 11) is 0. The second-order valence-corrected chi connectivity index (χ2v) is 4.11. The van der Waals surface area contributed by atoms with Gasteiger partial charge in [0.25, 0.3) is 5.78 Å². The van der Waals surface area contributed by atoms with E-state index in [1.807, 2.05) is 0 Å². The smallest absolute Gasteiger partial charge is 0.354 e. The molecule has 0 atom stereocenters. The Labute approximate surface area is 119 Å². The van der Waals surface area contributed by atoms with Crippen LogP contribution < -0.4 is 4.74 Å². The fourth-order valence-electron chi connectivity index (χ4n) is 1.86. The van der Waals surface area contributed by atoms with Gasteiger partial charge in [0.2, 0.25) is 0 Å². The molecule has 8 heteroatoms. The Morgan fingerprint density at radius 1 is 1.33 bits per heavy atom. The summed E-state index contributed by atoms with van der Waals surface area (Å²) in [6.07, 6.45) is 3.22. The van der Waals surface area contributed by atoms with Crippen molar-refractivity contribution in [2.75, 3.05) is 6.61 Å². The van der Waals surface area contributed by atoms with Crippen LogP contribution in [0.1, 0.15) is 17.4 Å². The first kappa shape index (κ1) is 13.0. The quantitative estimate of drug-likeness (QED) is 0.770. The summed E-state index contributed by atoms with van der Waals surface area (Å²) in [4.78, 5) is 23.7. The van der Waals surface area contributed by atoms with Crippen LogP contribution in [-0.2, 0) is 0 Å². The van der Waals surface area contributed by atoms with Crippen molar-refractivity contribution < 1.29 is 14.6 Å². The summed E-state index contributed by atoms with van der Waals surface area (Å²) >= 11 is 0. The maximum absolute atomic E-state index is 11.4. The second kappa shape index (κ2) is 5.16. The van der Waals surface area contributed by atoms with Crippen molar-refractivity contribution >= 4 is 11.7 Å². The Balaban J connectivity index is 2.22. The number of carboxylic acid groups (broad SMARTS) is 1. The van der Waals surface area contributed by atoms with E-state index < -0.39 is 5.97 Å². The first-order valence-electron chi connectivity index (χ1n) is 6.23. The molecule has 0 aromatic carbocycles. The van der Waals surface area contributed by atoms with Crippen molar-refractivity contribution in [1.29, 1.82) is 0 Å². The number of fused-ring (bicyclic) bond motifs is 1. The minimum Gasteiger partial charge on any atom is -0.477 e. The predicted molar refractivity (Wildman–Crippen MR) is 72.1 cm³/mol. The average molecular weight is 285 g/mol. The van der Waals surface area contributed by atoms with Gasteiger partial charge in [-0.1, -0.05) is 0 Å². The highest BCUT2D eigenvalue weighted by molar-refractivity contribution is 5.87. The SMILES string of the molecule is CCOc1nc2nc(-c3ccncc3)cc(C(=O)O)n2n1. The van der Waals surface area contributed by atoms with E-state index in [0.29, 0.717) is 12.3 Å². The standard InChI is InChI=1S/C13H11N5O3/c1-2-21-13-16-12-15-9(8-3-5-14-6-4-8)7-10(11(19)20)18(12)17-13/h3-7H,2H2,1H3,(H,19,20). The van der Waals surface area contributed by atoms with Crippen molar-refractivity contribution in [1.82, 2.24) is 24.6 Å². The molecule has 0 fully saturated rings. The number of carbonyl (C=O) groups is 1. The molecule has 1 N–H and O–H groups in total. The summed E-state index contributed by atoms with van der Waals surface area (Å²) in [5.74, 6) is -0.948. The molecule has 3 aromatic rings. The topological polar surface area (TPSA) is 102 Å². The molecule has 0 amide bonds. The molecule has 0 aliphatic heterocycles. The molecule has 0 radical (unpaired) electrons. The average Bonchev–Trinajstić information content (AvgIpc) is 2.89. The van der Waals surface area contributed by atoms with Gasteiger partial charge in [-0.25, -0.2) is 9.78 Å². The molecular formula is C13H11N5O3. The lowest BCUT2D eigenvalue weighted by atomic mass is 10.2. The fraction of sp³-hybridized carbons (Fsp3) is 0.154. The highest BCUT2D eigenvalue weighted by Crippen LogP contribution is 2.19. The van der Waals surface area contributed by atoms with Crippen LogP contribution in [0, 0.1) is 0 Å². The van der Waals surface area contributed by atoms with Crippen molar-refractivity contribution in [3.8, 4) is 17.3 Å². The molecule has 0 aliphatic rings. The zero-order chi connectivity index (χ0) is 14.8. The van der Waals surface area contributed by atoms with Crippen molar-refractivity contribution in [2.45, 2.75) is 6.92 Å². The van der Waals surface area contributed by atoms with Crippen LogP contribution >= 0.6 is 0 Å². The van der Waals surface area contributed by atoms with E-state index in [2.05, 4.69) is 20.1 Å². The van der Waals surface area contributed by atoms with Crippen molar-refractivity contribution in [3.63, 3.8) is 0 Å². The lowest BCUT2D eigenvalue weighted by molar-refractivity contribution is 0.0687. The Hall–Kier alpha value is -3.03. The second-order valence-electron chi connectivity index (χ2n) is 4.11. The number of aromatic carboxylic acids is 1. The Morgan fingerprint density at radius 2 is 2.10 bits per heavy atom. The lowest BCUT2D eigenvalue weighted by Gasteiger charge is -2.03. The van der Waals surface area contributed by atoms with Crippen LogP contribution in [0.3, 0.4) is 0 Å². The number of aromatic nitrogens is 5. The van der Waals surface area contributed by atoms with Gasteiger partial charge in [-0.15, -0.1) is 5.10 Å². The predicted octanol–water partition coefficient (Wildman–Crippen LogP) is 1.28. The first-order valence-corrected chi connectivity index (χ1v) is 6.23. The maximum Gasteiger partial charge on any atom is 0.354 e. The van der Waals surface area contributed by atoms with Gasteiger partial charge < -0.3 is 9.84 Å². The Morgan fingerprint density at radius 3 is 2.76 bits per heavy atom. The first-order chi connectivity index (χ1) is 10.2. The molecule has 21 heavy (non-hydrogen) atoms. The minimum absolute atomic E-state index is 0.0368. The van der Waals surface area contributed by atoms with Gasteiger partial charge in [0.15, 0.2) is 5.69 Å². The minimum atomic E-state index is -1.12. The molecule has 0 saturated heterocycles. The molecule has 0 bridgehead atoms. The zero-order valence-corrected chi connectivity index (χ0v) is 11.1. The normalized spacial score (nSPS) is 10.7. The summed E-state index contributed by atoms with van der Waals surface area (Å²) in [6, 6.07) is 5.02. The molecule has 8 nitrogen and oxygen atoms in total. The molecule has 3 rings (SSSR count). The van der Waals surface area contributed by atoms with E-state index in [1.165, 1.54) is 6.07 Å². The van der Waals surface area contributed by atoms with Crippen molar-refractivity contribution in [2.24, 2.45) is 0 Å². The highest BCUT2D eigenvalue weighted by Gasteiger charge is 2.17. The van der Waals surface area contributed by atoms with Gasteiger partial charge in [-0.05, 0) is 25.1 Å². The maximum atomic E-state index is 11.4. The van der Waals surface area contributed by atoms with Crippen molar-refractivity contribution in [3.05, 3.63) is 36.3 Å². The van der Waals surface area contributed by atoms with Gasteiger partial charge in [-0.3, -0.25) is 4.98 Å². The van der Waals surface area contributed by atoms with E-state index in [9.17, 15) is 9.90 Å². The molecule has 0 unspecified atom stereocenters. The van der Waals surface area contributed by atoms with Crippen LogP contribution in [0.5, 0.6) is 6.01 Å². The van der Waals surface area contributed by atoms with E-state index >= 15 is 0 Å². The van der Waals surface area contributed by atoms with Gasteiger partial charge in [0.1, 0.15) is 0 Å². The fourth-order valence-corrected chi connectivity index (χ4v) is 1.86. The van der Waals surface area contributed by atoms with Gasteiger partial charge in [-0.2, -0.15) is 9.50 Å². The van der Waals surface area contributed by atoms with Gasteiger partial charge in [0, 0.05) is 18.0 Å². The number of pyridine rings is 1. The third-order valence-corrected chi connectivity index (χ3v) is 2.76. The molecule has 106 valence electrons. The molecule has 3 heterocycles. The summed E-state index contributed by atoms with van der Waals surface area (Å²) in [5, 5.41) is 13.3. The van der Waals surface area contributed by atoms with E-state index in [4.69, 9.17) is 4.74 Å². The number of carboxylic acids is 1. The number of hydrogen-bond acceptors (Lipinski definition) is 6. The van der Waals surface area contributed by atoms with Crippen LogP contribution in [0.25, 0.3) is 17.0 Å². The van der Waals surface area contributed by atoms with Crippen LogP contribution in [-0.4, -0.2) is 42.2 Å². The monoisotopic (exact) mass is 285 g/mol. The summed E-state index contributed by atoms with van der Waals surface area (Å²) < 4.78 is 6.34. The van der Waals surface area contributed by atoms with E-state index in [-0.39, 0.29) is 17.5 Å².